The van der Waals surface area contributed by atoms with Crippen molar-refractivity contribution in [2.45, 2.75) is 52.2 Å². The van der Waals surface area contributed by atoms with Gasteiger partial charge in [0.1, 0.15) is 0 Å². The average Bonchev–Trinajstić information content (AvgIpc) is 3.08. The van der Waals surface area contributed by atoms with Crippen LogP contribution in [0, 0.1) is 28.5 Å². The summed E-state index contributed by atoms with van der Waals surface area (Å²) in [7, 11) is 1.48. The number of halogens is 1. The van der Waals surface area contributed by atoms with E-state index >= 15 is 0 Å². The zero-order valence-corrected chi connectivity index (χ0v) is 16.0. The van der Waals surface area contributed by atoms with Crippen molar-refractivity contribution in [3.05, 3.63) is 29.6 Å². The molecule has 26 heavy (non-hydrogen) atoms. The first-order chi connectivity index (χ1) is 12.3. The molecule has 4 rings (SSSR count). The largest absolute Gasteiger partial charge is 0.494 e. The number of amides is 1. The number of rotatable bonds is 3. The second kappa shape index (κ2) is 5.95. The van der Waals surface area contributed by atoms with Gasteiger partial charge in [-0.1, -0.05) is 19.9 Å². The molecule has 3 fully saturated rings. The first-order valence-corrected chi connectivity index (χ1v) is 9.52. The van der Waals surface area contributed by atoms with E-state index in [1.807, 2.05) is 6.07 Å². The standard InChI is InChI=1S/C21H28FNO3/c1-12(24)23-19-20(2,3)14-10-15-18(26-8-7-21(15,19)11-14)13-5-6-16(22)17(9-13)25-4/h5-6,9,14-15,18-19H,7-8,10-11H2,1-4H3,(H,23,24)/t14-,15-,18-,19+,21-/m1/s1. The zero-order valence-electron chi connectivity index (χ0n) is 16.0. The van der Waals surface area contributed by atoms with Gasteiger partial charge in [0.2, 0.25) is 5.91 Å². The molecular weight excluding hydrogens is 333 g/mol. The van der Waals surface area contributed by atoms with Gasteiger partial charge in [-0.15, -0.1) is 0 Å². The van der Waals surface area contributed by atoms with E-state index in [0.29, 0.717) is 18.4 Å². The van der Waals surface area contributed by atoms with Crippen molar-refractivity contribution in [2.24, 2.45) is 22.7 Å². The van der Waals surface area contributed by atoms with Gasteiger partial charge in [-0.05, 0) is 59.6 Å². The molecule has 5 atom stereocenters. The minimum absolute atomic E-state index is 0.0373. The molecule has 0 aromatic heterocycles. The third kappa shape index (κ3) is 2.39. The van der Waals surface area contributed by atoms with Gasteiger partial charge < -0.3 is 14.8 Å². The van der Waals surface area contributed by atoms with E-state index in [0.717, 1.165) is 24.8 Å². The van der Waals surface area contributed by atoms with Gasteiger partial charge in [-0.3, -0.25) is 4.79 Å². The Kier molecular flexibility index (Phi) is 4.07. The summed E-state index contributed by atoms with van der Waals surface area (Å²) in [5.41, 5.74) is 1.12. The van der Waals surface area contributed by atoms with E-state index in [9.17, 15) is 9.18 Å². The summed E-state index contributed by atoms with van der Waals surface area (Å²) < 4.78 is 25.2. The Hall–Kier alpha value is -1.62. The molecule has 4 nitrogen and oxygen atoms in total. The van der Waals surface area contributed by atoms with Crippen LogP contribution in [-0.2, 0) is 9.53 Å². The van der Waals surface area contributed by atoms with Crippen molar-refractivity contribution in [3.63, 3.8) is 0 Å². The average molecular weight is 361 g/mol. The molecule has 5 heteroatoms. The Morgan fingerprint density at radius 2 is 2.15 bits per heavy atom. The summed E-state index contributed by atoms with van der Waals surface area (Å²) in [5.74, 6) is 0.840. The van der Waals surface area contributed by atoms with Crippen molar-refractivity contribution in [2.75, 3.05) is 13.7 Å². The van der Waals surface area contributed by atoms with Crippen molar-refractivity contribution in [1.29, 1.82) is 0 Å². The van der Waals surface area contributed by atoms with Crippen molar-refractivity contribution in [3.8, 4) is 5.75 Å². The van der Waals surface area contributed by atoms with E-state index in [1.54, 1.807) is 13.0 Å². The molecule has 1 heterocycles. The molecule has 0 radical (unpaired) electrons. The summed E-state index contributed by atoms with van der Waals surface area (Å²) in [6.45, 7) is 6.85. The molecule has 142 valence electrons. The molecule has 1 aromatic rings. The summed E-state index contributed by atoms with van der Waals surface area (Å²) >= 11 is 0. The number of carbonyl (C=O) groups is 1. The van der Waals surface area contributed by atoms with Crippen LogP contribution in [0.25, 0.3) is 0 Å². The minimum atomic E-state index is -0.355. The molecule has 1 amide bonds. The highest BCUT2D eigenvalue weighted by Crippen LogP contribution is 2.70. The number of ether oxygens (including phenoxy) is 2. The Labute approximate surface area is 154 Å². The first kappa shape index (κ1) is 17.8. The van der Waals surface area contributed by atoms with Crippen LogP contribution in [0.4, 0.5) is 4.39 Å². The SMILES string of the molecule is COc1cc([C@H]2OCC[C@@]34C[C@@H](C[C@H]23)C(C)(C)[C@@H]4NC(C)=O)ccc1F. The van der Waals surface area contributed by atoms with Gasteiger partial charge in [0.05, 0.1) is 13.2 Å². The predicted molar refractivity (Wildman–Crippen MR) is 96.3 cm³/mol. The Bertz CT molecular complexity index is 734. The number of nitrogens with one attached hydrogen (secondary N) is 1. The van der Waals surface area contributed by atoms with Gasteiger partial charge >= 0.3 is 0 Å². The van der Waals surface area contributed by atoms with Crippen LogP contribution < -0.4 is 10.1 Å². The lowest BCUT2D eigenvalue weighted by molar-refractivity contribution is -0.136. The predicted octanol–water partition coefficient (Wildman–Crippen LogP) is 3.85. The highest BCUT2D eigenvalue weighted by molar-refractivity contribution is 5.73. The lowest BCUT2D eigenvalue weighted by atomic mass is 9.59. The third-order valence-electron chi connectivity index (χ3n) is 7.36. The second-order valence-electron chi connectivity index (χ2n) is 8.87. The number of benzene rings is 1. The quantitative estimate of drug-likeness (QED) is 0.889. The molecule has 3 aliphatic rings. The lowest BCUT2D eigenvalue weighted by Gasteiger charge is -2.53. The first-order valence-electron chi connectivity index (χ1n) is 9.52. The van der Waals surface area contributed by atoms with Crippen LogP contribution in [0.5, 0.6) is 5.75 Å². The van der Waals surface area contributed by atoms with E-state index < -0.39 is 0 Å². The number of hydrogen-bond acceptors (Lipinski definition) is 3. The summed E-state index contributed by atoms with van der Waals surface area (Å²) in [6, 6.07) is 5.20. The molecular formula is C21H28FNO3. The number of carbonyl (C=O) groups excluding carboxylic acids is 1. The fourth-order valence-corrected chi connectivity index (χ4v) is 6.17. The smallest absolute Gasteiger partial charge is 0.217 e. The van der Waals surface area contributed by atoms with Crippen LogP contribution in [0.2, 0.25) is 0 Å². The van der Waals surface area contributed by atoms with Gasteiger partial charge in [-0.2, -0.15) is 0 Å². The molecule has 2 saturated carbocycles. The van der Waals surface area contributed by atoms with Gasteiger partial charge in [0, 0.05) is 19.6 Å². The van der Waals surface area contributed by atoms with Crippen molar-refractivity contribution in [1.82, 2.24) is 5.32 Å². The Morgan fingerprint density at radius 3 is 2.85 bits per heavy atom. The summed E-state index contributed by atoms with van der Waals surface area (Å²) in [6.07, 6.45) is 3.12. The number of fused-ring (bicyclic) bond motifs is 1. The maximum absolute atomic E-state index is 13.8. The van der Waals surface area contributed by atoms with E-state index in [4.69, 9.17) is 9.47 Å². The van der Waals surface area contributed by atoms with Crippen LogP contribution >= 0.6 is 0 Å². The maximum Gasteiger partial charge on any atom is 0.217 e. The third-order valence-corrected chi connectivity index (χ3v) is 7.36. The van der Waals surface area contributed by atoms with Crippen LogP contribution in [0.1, 0.15) is 51.7 Å². The van der Waals surface area contributed by atoms with E-state index in [1.165, 1.54) is 13.2 Å². The van der Waals surface area contributed by atoms with Gasteiger partial charge in [0.25, 0.3) is 0 Å². The van der Waals surface area contributed by atoms with E-state index in [-0.39, 0.29) is 40.4 Å². The Balaban J connectivity index is 1.71. The highest BCUT2D eigenvalue weighted by Gasteiger charge is 2.68. The Morgan fingerprint density at radius 1 is 1.38 bits per heavy atom. The molecule has 1 N–H and O–H groups in total. The van der Waals surface area contributed by atoms with Gasteiger partial charge in [-0.25, -0.2) is 4.39 Å². The maximum atomic E-state index is 13.8. The fourth-order valence-electron chi connectivity index (χ4n) is 6.17. The van der Waals surface area contributed by atoms with Crippen molar-refractivity contribution < 1.29 is 18.7 Å². The van der Waals surface area contributed by atoms with E-state index in [2.05, 4.69) is 19.2 Å². The monoisotopic (exact) mass is 361 g/mol. The summed E-state index contributed by atoms with van der Waals surface area (Å²) in [5, 5.41) is 3.28. The van der Waals surface area contributed by atoms with Crippen molar-refractivity contribution >= 4 is 5.91 Å². The second-order valence-corrected chi connectivity index (χ2v) is 8.87. The van der Waals surface area contributed by atoms with Crippen LogP contribution in [0.15, 0.2) is 18.2 Å². The van der Waals surface area contributed by atoms with Gasteiger partial charge in [0.15, 0.2) is 11.6 Å². The molecule has 1 aliphatic heterocycles. The molecule has 2 bridgehead atoms. The van der Waals surface area contributed by atoms with Crippen LogP contribution in [0.3, 0.4) is 0 Å². The fraction of sp³-hybridized carbons (Fsp3) is 0.667. The topological polar surface area (TPSA) is 47.6 Å². The molecule has 1 saturated heterocycles. The molecule has 1 aromatic carbocycles. The molecule has 1 spiro atoms. The number of hydrogen-bond donors (Lipinski definition) is 1. The zero-order chi connectivity index (χ0) is 18.7. The molecule has 2 aliphatic carbocycles. The highest BCUT2D eigenvalue weighted by atomic mass is 19.1. The molecule has 0 unspecified atom stereocenters. The summed E-state index contributed by atoms with van der Waals surface area (Å²) in [4.78, 5) is 11.9. The number of methoxy groups -OCH3 is 1. The normalized spacial score (nSPS) is 37.3. The van der Waals surface area contributed by atoms with Crippen LogP contribution in [-0.4, -0.2) is 25.7 Å². The lowest BCUT2D eigenvalue weighted by Crippen LogP contribution is -2.58. The minimum Gasteiger partial charge on any atom is -0.494 e.